The number of hydrogen-bond donors (Lipinski definition) is 1. The number of likely N-dealkylation sites (tertiary alicyclic amines) is 1. The zero-order valence-corrected chi connectivity index (χ0v) is 13.7. The van der Waals surface area contributed by atoms with Crippen molar-refractivity contribution in [2.45, 2.75) is 26.4 Å². The van der Waals surface area contributed by atoms with Crippen LogP contribution in [0.1, 0.15) is 35.7 Å². The third-order valence-electron chi connectivity index (χ3n) is 4.17. The molecule has 23 heavy (non-hydrogen) atoms. The van der Waals surface area contributed by atoms with Gasteiger partial charge in [-0.2, -0.15) is 0 Å². The fourth-order valence-corrected chi connectivity index (χ4v) is 2.79. The van der Waals surface area contributed by atoms with E-state index in [0.29, 0.717) is 50.5 Å². The molecule has 0 atom stereocenters. The second-order valence-corrected chi connectivity index (χ2v) is 5.63. The number of benzene rings is 1. The van der Waals surface area contributed by atoms with E-state index in [-0.39, 0.29) is 17.7 Å². The second kappa shape index (κ2) is 7.97. The van der Waals surface area contributed by atoms with Crippen LogP contribution in [0.5, 0.6) is 5.75 Å². The average molecular weight is 320 g/mol. The Bertz CT molecular complexity index is 566. The summed E-state index contributed by atoms with van der Waals surface area (Å²) in [4.78, 5) is 25.6. The minimum atomic E-state index is -0.277. The molecule has 1 aliphatic heterocycles. The van der Waals surface area contributed by atoms with Gasteiger partial charge < -0.3 is 20.1 Å². The number of hydrogen-bond acceptors (Lipinski definition) is 4. The van der Waals surface area contributed by atoms with E-state index in [0.717, 1.165) is 5.56 Å². The van der Waals surface area contributed by atoms with Crippen molar-refractivity contribution in [2.24, 2.45) is 11.7 Å². The Kier molecular flexibility index (Phi) is 5.98. The van der Waals surface area contributed by atoms with Gasteiger partial charge in [0.2, 0.25) is 5.91 Å². The fourth-order valence-electron chi connectivity index (χ4n) is 2.79. The number of carbonyl (C=O) groups excluding carboxylic acids is 2. The standard InChI is InChI=1S/C17H24N2O4/c1-3-23-11-14-10-13(4-5-15(14)22-2)17(21)19-8-6-12(7-9-19)16(18)20/h4-5,10,12H,3,6-9,11H2,1-2H3,(H2,18,20). The van der Waals surface area contributed by atoms with Crippen molar-refractivity contribution >= 4 is 11.8 Å². The van der Waals surface area contributed by atoms with Crippen molar-refractivity contribution in [1.82, 2.24) is 4.90 Å². The molecule has 0 saturated carbocycles. The maximum atomic E-state index is 12.6. The first-order valence-corrected chi connectivity index (χ1v) is 7.90. The molecule has 2 N–H and O–H groups in total. The molecule has 1 aromatic rings. The number of ether oxygens (including phenoxy) is 2. The van der Waals surface area contributed by atoms with E-state index in [1.54, 1.807) is 24.1 Å². The lowest BCUT2D eigenvalue weighted by molar-refractivity contribution is -0.123. The van der Waals surface area contributed by atoms with Crippen LogP contribution in [0.3, 0.4) is 0 Å². The van der Waals surface area contributed by atoms with Crippen molar-refractivity contribution in [3.63, 3.8) is 0 Å². The molecule has 0 aromatic heterocycles. The topological polar surface area (TPSA) is 81.9 Å². The first-order valence-electron chi connectivity index (χ1n) is 7.90. The van der Waals surface area contributed by atoms with Crippen molar-refractivity contribution in [2.75, 3.05) is 26.8 Å². The van der Waals surface area contributed by atoms with E-state index in [4.69, 9.17) is 15.2 Å². The maximum absolute atomic E-state index is 12.6. The van der Waals surface area contributed by atoms with Crippen LogP contribution in [0.2, 0.25) is 0 Å². The molecule has 0 aliphatic carbocycles. The van der Waals surface area contributed by atoms with Gasteiger partial charge in [-0.15, -0.1) is 0 Å². The van der Waals surface area contributed by atoms with Crippen molar-refractivity contribution < 1.29 is 19.1 Å². The van der Waals surface area contributed by atoms with Crippen LogP contribution in [-0.2, 0) is 16.1 Å². The Balaban J connectivity index is 2.09. The molecular weight excluding hydrogens is 296 g/mol. The summed E-state index contributed by atoms with van der Waals surface area (Å²) in [5.74, 6) is 0.278. The molecule has 2 rings (SSSR count). The number of methoxy groups -OCH3 is 1. The molecule has 6 heteroatoms. The van der Waals surface area contributed by atoms with Gasteiger partial charge in [0.15, 0.2) is 0 Å². The highest BCUT2D eigenvalue weighted by Crippen LogP contribution is 2.23. The van der Waals surface area contributed by atoms with Gasteiger partial charge in [0.1, 0.15) is 5.75 Å². The maximum Gasteiger partial charge on any atom is 0.253 e. The van der Waals surface area contributed by atoms with Gasteiger partial charge in [0, 0.05) is 36.7 Å². The van der Waals surface area contributed by atoms with Crippen LogP contribution in [0.15, 0.2) is 18.2 Å². The van der Waals surface area contributed by atoms with Crippen LogP contribution in [0, 0.1) is 5.92 Å². The first-order chi connectivity index (χ1) is 11.1. The molecule has 0 unspecified atom stereocenters. The lowest BCUT2D eigenvalue weighted by Gasteiger charge is -2.30. The summed E-state index contributed by atoms with van der Waals surface area (Å²) >= 11 is 0. The summed E-state index contributed by atoms with van der Waals surface area (Å²) < 4.78 is 10.7. The van der Waals surface area contributed by atoms with Crippen LogP contribution >= 0.6 is 0 Å². The van der Waals surface area contributed by atoms with Gasteiger partial charge >= 0.3 is 0 Å². The van der Waals surface area contributed by atoms with Crippen molar-refractivity contribution in [1.29, 1.82) is 0 Å². The third-order valence-corrected chi connectivity index (χ3v) is 4.17. The highest BCUT2D eigenvalue weighted by molar-refractivity contribution is 5.94. The summed E-state index contributed by atoms with van der Waals surface area (Å²) in [5, 5.41) is 0. The molecule has 6 nitrogen and oxygen atoms in total. The van der Waals surface area contributed by atoms with Crippen molar-refractivity contribution in [3.05, 3.63) is 29.3 Å². The van der Waals surface area contributed by atoms with E-state index in [1.165, 1.54) is 0 Å². The quantitative estimate of drug-likeness (QED) is 0.862. The van der Waals surface area contributed by atoms with Gasteiger partial charge in [-0.1, -0.05) is 0 Å². The van der Waals surface area contributed by atoms with Gasteiger partial charge in [0.25, 0.3) is 5.91 Å². The smallest absolute Gasteiger partial charge is 0.253 e. The second-order valence-electron chi connectivity index (χ2n) is 5.63. The van der Waals surface area contributed by atoms with E-state index in [1.807, 2.05) is 13.0 Å². The Morgan fingerprint density at radius 2 is 2.00 bits per heavy atom. The van der Waals surface area contributed by atoms with Crippen LogP contribution < -0.4 is 10.5 Å². The summed E-state index contributed by atoms with van der Waals surface area (Å²) in [6.07, 6.45) is 1.26. The van der Waals surface area contributed by atoms with Crippen LogP contribution in [0.25, 0.3) is 0 Å². The Hall–Kier alpha value is -2.08. The Morgan fingerprint density at radius 3 is 2.57 bits per heavy atom. The van der Waals surface area contributed by atoms with E-state index >= 15 is 0 Å². The van der Waals surface area contributed by atoms with Gasteiger partial charge in [0.05, 0.1) is 13.7 Å². The lowest BCUT2D eigenvalue weighted by Crippen LogP contribution is -2.41. The summed E-state index contributed by atoms with van der Waals surface area (Å²) in [6.45, 7) is 4.04. The Labute approximate surface area is 136 Å². The fraction of sp³-hybridized carbons (Fsp3) is 0.529. The van der Waals surface area contributed by atoms with Gasteiger partial charge in [-0.3, -0.25) is 9.59 Å². The molecule has 1 fully saturated rings. The summed E-state index contributed by atoms with van der Waals surface area (Å²) in [5.41, 5.74) is 6.79. The van der Waals surface area contributed by atoms with Crippen molar-refractivity contribution in [3.8, 4) is 5.75 Å². The molecule has 0 radical (unpaired) electrons. The Morgan fingerprint density at radius 1 is 1.30 bits per heavy atom. The van der Waals surface area contributed by atoms with Crippen LogP contribution in [0.4, 0.5) is 0 Å². The molecule has 2 amide bonds. The summed E-state index contributed by atoms with van der Waals surface area (Å²) in [7, 11) is 1.60. The molecule has 0 bridgehead atoms. The third kappa shape index (κ3) is 4.22. The summed E-state index contributed by atoms with van der Waals surface area (Å²) in [6, 6.07) is 5.37. The molecule has 126 valence electrons. The zero-order valence-electron chi connectivity index (χ0n) is 13.7. The molecule has 1 heterocycles. The number of amides is 2. The number of primary amides is 1. The van der Waals surface area contributed by atoms with E-state index < -0.39 is 0 Å². The van der Waals surface area contributed by atoms with Gasteiger partial charge in [-0.25, -0.2) is 0 Å². The van der Waals surface area contributed by atoms with Crippen LogP contribution in [-0.4, -0.2) is 43.5 Å². The molecule has 1 aliphatic rings. The van der Waals surface area contributed by atoms with E-state index in [9.17, 15) is 9.59 Å². The molecule has 1 aromatic carbocycles. The number of nitrogens with two attached hydrogens (primary N) is 1. The minimum absolute atomic E-state index is 0.0340. The zero-order chi connectivity index (χ0) is 16.8. The SMILES string of the molecule is CCOCc1cc(C(=O)N2CCC(C(N)=O)CC2)ccc1OC. The monoisotopic (exact) mass is 320 g/mol. The average Bonchev–Trinajstić information content (AvgIpc) is 2.59. The van der Waals surface area contributed by atoms with E-state index in [2.05, 4.69) is 0 Å². The molecule has 0 spiro atoms. The first kappa shape index (κ1) is 17.3. The molecule has 1 saturated heterocycles. The number of rotatable bonds is 6. The normalized spacial score (nSPS) is 15.5. The lowest BCUT2D eigenvalue weighted by atomic mass is 9.95. The number of nitrogens with zero attached hydrogens (tertiary/aromatic N) is 1. The minimum Gasteiger partial charge on any atom is -0.496 e. The number of carbonyl (C=O) groups is 2. The highest BCUT2D eigenvalue weighted by Gasteiger charge is 2.26. The predicted octanol–water partition coefficient (Wildman–Crippen LogP) is 1.57. The highest BCUT2D eigenvalue weighted by atomic mass is 16.5. The molecular formula is C17H24N2O4. The van der Waals surface area contributed by atoms with Gasteiger partial charge in [-0.05, 0) is 38.0 Å². The number of piperidine rings is 1. The predicted molar refractivity (Wildman–Crippen MR) is 86.1 cm³/mol. The largest absolute Gasteiger partial charge is 0.496 e.